The summed E-state index contributed by atoms with van der Waals surface area (Å²) in [7, 11) is 0. The first-order valence-corrected chi connectivity index (χ1v) is 5.48. The lowest BCUT2D eigenvalue weighted by Gasteiger charge is -2.02. The van der Waals surface area contributed by atoms with Crippen LogP contribution in [0.2, 0.25) is 0 Å². The highest BCUT2D eigenvalue weighted by Gasteiger charge is 2.06. The second-order valence-corrected chi connectivity index (χ2v) is 3.43. The molecule has 6 nitrogen and oxygen atoms in total. The minimum absolute atomic E-state index is 0.346. The number of ether oxygens (including phenoxy) is 1. The van der Waals surface area contributed by atoms with E-state index in [0.29, 0.717) is 30.3 Å². The summed E-state index contributed by atoms with van der Waals surface area (Å²) in [5.74, 6) is 3.16. The number of nitrogens with zero attached hydrogens (tertiary/aromatic N) is 4. The molecule has 16 heavy (non-hydrogen) atoms. The van der Waals surface area contributed by atoms with Gasteiger partial charge in [0.15, 0.2) is 11.5 Å². The smallest absolute Gasteiger partial charge is 0.167 e. The predicted octanol–water partition coefficient (Wildman–Crippen LogP) is 0.778. The molecule has 2 N–H and O–H groups in total. The number of hydrogen-bond donors (Lipinski definition) is 1. The van der Waals surface area contributed by atoms with E-state index in [1.165, 1.54) is 6.33 Å². The maximum Gasteiger partial charge on any atom is 0.167 e. The molecule has 0 atom stereocenters. The summed E-state index contributed by atoms with van der Waals surface area (Å²) in [4.78, 5) is 12.1. The Bertz CT molecular complexity index is 556. The average Bonchev–Trinajstić information content (AvgIpc) is 2.70. The van der Waals surface area contributed by atoms with E-state index in [4.69, 9.17) is 10.5 Å². The number of anilines is 1. The summed E-state index contributed by atoms with van der Waals surface area (Å²) in [5, 5.41) is 0. The molecule has 0 fully saturated rings. The molecule has 2 aromatic heterocycles. The molecule has 0 aliphatic heterocycles. The van der Waals surface area contributed by atoms with Crippen LogP contribution in [0.5, 0.6) is 0 Å². The first kappa shape index (κ1) is 11.1. The van der Waals surface area contributed by atoms with Gasteiger partial charge in [0.05, 0.1) is 6.33 Å². The SMILES string of the molecule is Nc1ncnc2c1ncn2COCC#CI. The number of imidazole rings is 1. The van der Waals surface area contributed by atoms with Gasteiger partial charge in [0.1, 0.15) is 25.2 Å². The molecule has 0 saturated carbocycles. The molecule has 7 heteroatoms. The molecule has 82 valence electrons. The first-order chi connectivity index (χ1) is 7.83. The largest absolute Gasteiger partial charge is 0.382 e. The van der Waals surface area contributed by atoms with Crippen molar-refractivity contribution in [1.29, 1.82) is 0 Å². The maximum atomic E-state index is 5.65. The Kier molecular flexibility index (Phi) is 3.53. The van der Waals surface area contributed by atoms with Crippen LogP contribution in [-0.2, 0) is 11.5 Å². The Morgan fingerprint density at radius 1 is 1.44 bits per heavy atom. The molecular weight excluding hydrogens is 321 g/mol. The molecule has 0 radical (unpaired) electrons. The number of nitrogens with two attached hydrogens (primary N) is 1. The quantitative estimate of drug-likeness (QED) is 0.511. The van der Waals surface area contributed by atoms with Gasteiger partial charge in [-0.1, -0.05) is 5.92 Å². The molecule has 0 aliphatic carbocycles. The van der Waals surface area contributed by atoms with E-state index in [-0.39, 0.29) is 0 Å². The molecule has 0 spiro atoms. The third-order valence-corrected chi connectivity index (χ3v) is 2.28. The lowest BCUT2D eigenvalue weighted by atomic mass is 10.5. The number of aromatic nitrogens is 4. The van der Waals surface area contributed by atoms with Crippen LogP contribution in [-0.4, -0.2) is 26.1 Å². The molecule has 0 aliphatic rings. The average molecular weight is 329 g/mol. The fourth-order valence-electron chi connectivity index (χ4n) is 1.22. The van der Waals surface area contributed by atoms with Gasteiger partial charge in [-0.05, 0) is 3.93 Å². The number of hydrogen-bond acceptors (Lipinski definition) is 5. The van der Waals surface area contributed by atoms with Crippen LogP contribution in [0, 0.1) is 9.85 Å². The molecule has 2 aromatic rings. The summed E-state index contributed by atoms with van der Waals surface area (Å²) >= 11 is 1.96. The predicted molar refractivity (Wildman–Crippen MR) is 67.5 cm³/mol. The molecule has 0 aromatic carbocycles. The Labute approximate surface area is 105 Å². The van der Waals surface area contributed by atoms with Gasteiger partial charge >= 0.3 is 0 Å². The van der Waals surface area contributed by atoms with Crippen LogP contribution in [0.25, 0.3) is 11.2 Å². The van der Waals surface area contributed by atoms with Crippen LogP contribution >= 0.6 is 22.6 Å². The number of halogens is 1. The van der Waals surface area contributed by atoms with Gasteiger partial charge in [0.2, 0.25) is 0 Å². The minimum Gasteiger partial charge on any atom is -0.382 e. The highest BCUT2D eigenvalue weighted by molar-refractivity contribution is 14.1. The first-order valence-electron chi connectivity index (χ1n) is 4.40. The Hall–Kier alpha value is -1.40. The van der Waals surface area contributed by atoms with Crippen LogP contribution in [0.15, 0.2) is 12.7 Å². The zero-order valence-corrected chi connectivity index (χ0v) is 10.4. The normalized spacial score (nSPS) is 10.1. The van der Waals surface area contributed by atoms with Gasteiger partial charge in [0, 0.05) is 22.6 Å². The third kappa shape index (κ3) is 2.23. The number of fused-ring (bicyclic) bond motifs is 1. The van der Waals surface area contributed by atoms with Crippen molar-refractivity contribution < 1.29 is 4.74 Å². The minimum atomic E-state index is 0.346. The van der Waals surface area contributed by atoms with Crippen molar-refractivity contribution in [3.63, 3.8) is 0 Å². The van der Waals surface area contributed by atoms with Gasteiger partial charge < -0.3 is 10.5 Å². The van der Waals surface area contributed by atoms with E-state index >= 15 is 0 Å². The maximum absolute atomic E-state index is 5.65. The monoisotopic (exact) mass is 329 g/mol. The zero-order valence-electron chi connectivity index (χ0n) is 8.22. The van der Waals surface area contributed by atoms with Crippen molar-refractivity contribution >= 4 is 39.6 Å². The second kappa shape index (κ2) is 5.09. The second-order valence-electron chi connectivity index (χ2n) is 2.89. The van der Waals surface area contributed by atoms with Gasteiger partial charge in [-0.3, -0.25) is 4.57 Å². The summed E-state index contributed by atoms with van der Waals surface area (Å²) in [6.45, 7) is 0.724. The number of nitrogen functional groups attached to an aromatic ring is 1. The number of rotatable bonds is 3. The van der Waals surface area contributed by atoms with Crippen molar-refractivity contribution in [3.05, 3.63) is 12.7 Å². The molecule has 0 amide bonds. The van der Waals surface area contributed by atoms with Gasteiger partial charge in [0.25, 0.3) is 0 Å². The van der Waals surface area contributed by atoms with E-state index in [1.54, 1.807) is 10.9 Å². The van der Waals surface area contributed by atoms with Gasteiger partial charge in [-0.15, -0.1) is 0 Å². The van der Waals surface area contributed by atoms with Crippen LogP contribution in [0.4, 0.5) is 5.82 Å². The molecule has 0 unspecified atom stereocenters. The van der Waals surface area contributed by atoms with E-state index in [1.807, 2.05) is 22.6 Å². The molecule has 0 saturated heterocycles. The van der Waals surface area contributed by atoms with Crippen molar-refractivity contribution in [1.82, 2.24) is 19.5 Å². The van der Waals surface area contributed by atoms with Crippen molar-refractivity contribution in [3.8, 4) is 9.85 Å². The molecular formula is C9H8IN5O. The lowest BCUT2D eigenvalue weighted by molar-refractivity contribution is 0.107. The lowest BCUT2D eigenvalue weighted by Crippen LogP contribution is -2.03. The fourth-order valence-corrected chi connectivity index (χ4v) is 1.37. The fraction of sp³-hybridized carbons (Fsp3) is 0.222. The Balaban J connectivity index is 2.18. The van der Waals surface area contributed by atoms with E-state index < -0.39 is 0 Å². The van der Waals surface area contributed by atoms with Gasteiger partial charge in [-0.2, -0.15) is 0 Å². The third-order valence-electron chi connectivity index (χ3n) is 1.90. The Morgan fingerprint density at radius 3 is 3.12 bits per heavy atom. The topological polar surface area (TPSA) is 78.9 Å². The van der Waals surface area contributed by atoms with Crippen molar-refractivity contribution in [2.45, 2.75) is 6.73 Å². The van der Waals surface area contributed by atoms with E-state index in [0.717, 1.165) is 0 Å². The van der Waals surface area contributed by atoms with Crippen LogP contribution in [0.1, 0.15) is 0 Å². The highest BCUT2D eigenvalue weighted by Crippen LogP contribution is 2.13. The van der Waals surface area contributed by atoms with E-state index in [9.17, 15) is 0 Å². The Morgan fingerprint density at radius 2 is 2.31 bits per heavy atom. The summed E-state index contributed by atoms with van der Waals surface area (Å²) in [5.41, 5.74) is 6.91. The van der Waals surface area contributed by atoms with Gasteiger partial charge in [-0.25, -0.2) is 15.0 Å². The summed E-state index contributed by atoms with van der Waals surface area (Å²) in [6.07, 6.45) is 3.02. The van der Waals surface area contributed by atoms with Crippen LogP contribution in [0.3, 0.4) is 0 Å². The summed E-state index contributed by atoms with van der Waals surface area (Å²) < 4.78 is 9.78. The standard InChI is InChI=1S/C9H8IN5O/c10-2-1-3-16-6-15-5-14-7-8(11)12-4-13-9(7)15/h4-5H,3,6H2,(H2,11,12,13). The zero-order chi connectivity index (χ0) is 11.4. The molecule has 2 heterocycles. The van der Waals surface area contributed by atoms with Crippen molar-refractivity contribution in [2.24, 2.45) is 0 Å². The molecule has 0 bridgehead atoms. The summed E-state index contributed by atoms with van der Waals surface area (Å²) in [6, 6.07) is 0. The van der Waals surface area contributed by atoms with Crippen molar-refractivity contribution in [2.75, 3.05) is 12.3 Å². The molecule has 2 rings (SSSR count). The van der Waals surface area contributed by atoms with E-state index in [2.05, 4.69) is 24.8 Å². The highest BCUT2D eigenvalue weighted by atomic mass is 127. The van der Waals surface area contributed by atoms with Crippen LogP contribution < -0.4 is 5.73 Å².